The number of aromatic nitrogens is 4. The van der Waals surface area contributed by atoms with Gasteiger partial charge in [0.2, 0.25) is 5.13 Å². The Morgan fingerprint density at radius 3 is 3.27 bits per heavy atom. The molecule has 0 bridgehead atoms. The number of methoxy groups -OCH3 is 1. The van der Waals surface area contributed by atoms with E-state index in [0.29, 0.717) is 6.61 Å². The van der Waals surface area contributed by atoms with Gasteiger partial charge in [0.15, 0.2) is 0 Å². The molecule has 0 atom stereocenters. The van der Waals surface area contributed by atoms with Gasteiger partial charge in [0, 0.05) is 13.3 Å². The van der Waals surface area contributed by atoms with E-state index < -0.39 is 0 Å². The van der Waals surface area contributed by atoms with Crippen LogP contribution in [0.25, 0.3) is 0 Å². The van der Waals surface area contributed by atoms with Crippen LogP contribution in [0.2, 0.25) is 0 Å². The van der Waals surface area contributed by atoms with Gasteiger partial charge in [-0.2, -0.15) is 5.10 Å². The summed E-state index contributed by atoms with van der Waals surface area (Å²) < 4.78 is 6.77. The molecule has 1 N–H and O–H groups in total. The summed E-state index contributed by atoms with van der Waals surface area (Å²) in [7, 11) is 1.67. The maximum atomic E-state index is 4.96. The van der Waals surface area contributed by atoms with Gasteiger partial charge in [-0.25, -0.2) is 0 Å². The number of anilines is 2. The average molecular weight is 225 g/mol. The summed E-state index contributed by atoms with van der Waals surface area (Å²) in [5, 5.41) is 15.6. The first-order valence-electron chi connectivity index (χ1n) is 4.43. The van der Waals surface area contributed by atoms with Gasteiger partial charge in [0.05, 0.1) is 25.0 Å². The van der Waals surface area contributed by atoms with Crippen molar-refractivity contribution in [1.29, 1.82) is 0 Å². The maximum Gasteiger partial charge on any atom is 0.209 e. The van der Waals surface area contributed by atoms with Crippen molar-refractivity contribution >= 4 is 22.2 Å². The fourth-order valence-electron chi connectivity index (χ4n) is 1.09. The number of nitrogens with one attached hydrogen (secondary N) is 1. The molecule has 2 rings (SSSR count). The lowest BCUT2D eigenvalue weighted by molar-refractivity contribution is 0.183. The quantitative estimate of drug-likeness (QED) is 0.826. The van der Waals surface area contributed by atoms with Crippen LogP contribution in [0.3, 0.4) is 0 Å². The second-order valence-electron chi connectivity index (χ2n) is 2.85. The van der Waals surface area contributed by atoms with E-state index >= 15 is 0 Å². The largest absolute Gasteiger partial charge is 0.383 e. The zero-order chi connectivity index (χ0) is 10.5. The Labute approximate surface area is 90.9 Å². The Morgan fingerprint density at radius 1 is 1.60 bits per heavy atom. The van der Waals surface area contributed by atoms with Crippen LogP contribution in [0.15, 0.2) is 17.9 Å². The lowest BCUT2D eigenvalue weighted by Gasteiger charge is -1.98. The third-order valence-electron chi connectivity index (χ3n) is 1.77. The Kier molecular flexibility index (Phi) is 3.25. The first-order chi connectivity index (χ1) is 7.38. The molecule has 15 heavy (non-hydrogen) atoms. The average Bonchev–Trinajstić information content (AvgIpc) is 2.87. The fraction of sp³-hybridized carbons (Fsp3) is 0.375. The van der Waals surface area contributed by atoms with Crippen molar-refractivity contribution in [1.82, 2.24) is 20.0 Å². The highest BCUT2D eigenvalue weighted by molar-refractivity contribution is 7.13. The molecule has 2 aromatic heterocycles. The van der Waals surface area contributed by atoms with E-state index in [0.717, 1.165) is 17.4 Å². The summed E-state index contributed by atoms with van der Waals surface area (Å²) in [4.78, 5) is 0. The Morgan fingerprint density at radius 2 is 2.53 bits per heavy atom. The molecule has 0 aliphatic heterocycles. The van der Waals surface area contributed by atoms with Gasteiger partial charge < -0.3 is 10.1 Å². The fourth-order valence-corrected chi connectivity index (χ4v) is 1.55. The molecule has 2 aromatic rings. The Hall–Kier alpha value is -1.47. The van der Waals surface area contributed by atoms with Crippen molar-refractivity contribution in [2.75, 3.05) is 19.0 Å². The zero-order valence-corrected chi connectivity index (χ0v) is 9.07. The minimum Gasteiger partial charge on any atom is -0.383 e. The first kappa shape index (κ1) is 10.1. The van der Waals surface area contributed by atoms with E-state index in [4.69, 9.17) is 4.74 Å². The smallest absolute Gasteiger partial charge is 0.209 e. The molecule has 0 saturated heterocycles. The SMILES string of the molecule is COCCn1cc(Nc2nncs2)cn1. The van der Waals surface area contributed by atoms with E-state index in [9.17, 15) is 0 Å². The monoisotopic (exact) mass is 225 g/mol. The molecule has 0 spiro atoms. The predicted molar refractivity (Wildman–Crippen MR) is 57.3 cm³/mol. The lowest BCUT2D eigenvalue weighted by Crippen LogP contribution is -2.03. The molecule has 0 aliphatic carbocycles. The van der Waals surface area contributed by atoms with Crippen LogP contribution in [0.4, 0.5) is 10.8 Å². The van der Waals surface area contributed by atoms with Gasteiger partial charge in [-0.1, -0.05) is 11.3 Å². The molecule has 0 aliphatic rings. The van der Waals surface area contributed by atoms with Gasteiger partial charge in [0.1, 0.15) is 5.51 Å². The van der Waals surface area contributed by atoms with Gasteiger partial charge in [0.25, 0.3) is 0 Å². The van der Waals surface area contributed by atoms with E-state index in [1.165, 1.54) is 11.3 Å². The standard InChI is InChI=1S/C8H11N5OS/c1-14-3-2-13-5-7(4-10-13)11-8-12-9-6-15-8/h4-6H,2-3H2,1H3,(H,11,12). The molecule has 7 heteroatoms. The Balaban J connectivity index is 1.95. The van der Waals surface area contributed by atoms with Crippen molar-refractivity contribution in [2.45, 2.75) is 6.54 Å². The number of hydrogen-bond acceptors (Lipinski definition) is 6. The number of hydrogen-bond donors (Lipinski definition) is 1. The molecule has 0 radical (unpaired) electrons. The highest BCUT2D eigenvalue weighted by Crippen LogP contribution is 2.16. The van der Waals surface area contributed by atoms with E-state index in [2.05, 4.69) is 20.6 Å². The van der Waals surface area contributed by atoms with Crippen LogP contribution in [0.1, 0.15) is 0 Å². The van der Waals surface area contributed by atoms with Crippen LogP contribution >= 0.6 is 11.3 Å². The molecular formula is C8H11N5OS. The van der Waals surface area contributed by atoms with Crippen LogP contribution in [0, 0.1) is 0 Å². The van der Waals surface area contributed by atoms with Crippen LogP contribution in [0.5, 0.6) is 0 Å². The zero-order valence-electron chi connectivity index (χ0n) is 8.25. The summed E-state index contributed by atoms with van der Waals surface area (Å²) in [6.45, 7) is 1.40. The number of nitrogens with zero attached hydrogens (tertiary/aromatic N) is 4. The molecule has 0 aromatic carbocycles. The second-order valence-corrected chi connectivity index (χ2v) is 3.69. The summed E-state index contributed by atoms with van der Waals surface area (Å²) in [5.41, 5.74) is 2.58. The minimum absolute atomic E-state index is 0.653. The summed E-state index contributed by atoms with van der Waals surface area (Å²) in [6, 6.07) is 0. The van der Waals surface area contributed by atoms with Gasteiger partial charge in [-0.05, 0) is 0 Å². The molecule has 0 fully saturated rings. The van der Waals surface area contributed by atoms with Crippen LogP contribution < -0.4 is 5.32 Å². The summed E-state index contributed by atoms with van der Waals surface area (Å²) in [5.74, 6) is 0. The third kappa shape index (κ3) is 2.74. The van der Waals surface area contributed by atoms with Crippen molar-refractivity contribution in [3.8, 4) is 0 Å². The van der Waals surface area contributed by atoms with Crippen molar-refractivity contribution in [3.63, 3.8) is 0 Å². The number of rotatable bonds is 5. The van der Waals surface area contributed by atoms with Crippen LogP contribution in [-0.2, 0) is 11.3 Å². The van der Waals surface area contributed by atoms with Crippen molar-refractivity contribution in [3.05, 3.63) is 17.9 Å². The van der Waals surface area contributed by atoms with Crippen molar-refractivity contribution < 1.29 is 4.74 Å². The van der Waals surface area contributed by atoms with Gasteiger partial charge >= 0.3 is 0 Å². The molecule has 6 nitrogen and oxygen atoms in total. The highest BCUT2D eigenvalue weighted by Gasteiger charge is 2.00. The van der Waals surface area contributed by atoms with E-state index in [1.54, 1.807) is 18.8 Å². The molecule has 2 heterocycles. The number of ether oxygens (including phenoxy) is 1. The normalized spacial score (nSPS) is 10.5. The van der Waals surface area contributed by atoms with Crippen LogP contribution in [-0.4, -0.2) is 33.7 Å². The third-order valence-corrected chi connectivity index (χ3v) is 2.38. The second kappa shape index (κ2) is 4.85. The molecule has 80 valence electrons. The van der Waals surface area contributed by atoms with Crippen molar-refractivity contribution in [2.24, 2.45) is 0 Å². The topological polar surface area (TPSA) is 64.9 Å². The predicted octanol–water partition coefficient (Wildman–Crippen LogP) is 1.12. The first-order valence-corrected chi connectivity index (χ1v) is 5.31. The van der Waals surface area contributed by atoms with E-state index in [1.807, 2.05) is 10.9 Å². The molecular weight excluding hydrogens is 214 g/mol. The van der Waals surface area contributed by atoms with Gasteiger partial charge in [-0.15, -0.1) is 10.2 Å². The summed E-state index contributed by atoms with van der Waals surface area (Å²) in [6.07, 6.45) is 3.65. The van der Waals surface area contributed by atoms with E-state index in [-0.39, 0.29) is 0 Å². The van der Waals surface area contributed by atoms with Gasteiger partial charge in [-0.3, -0.25) is 4.68 Å². The minimum atomic E-state index is 0.653. The lowest BCUT2D eigenvalue weighted by atomic mass is 10.6. The molecule has 0 amide bonds. The maximum absolute atomic E-state index is 4.96. The Bertz CT molecular complexity index is 399. The molecule has 0 unspecified atom stereocenters. The molecule has 0 saturated carbocycles. The summed E-state index contributed by atoms with van der Waals surface area (Å²) >= 11 is 1.45. The highest BCUT2D eigenvalue weighted by atomic mass is 32.1.